The van der Waals surface area contributed by atoms with Gasteiger partial charge in [-0.15, -0.1) is 0 Å². The monoisotopic (exact) mass is 151 g/mol. The van der Waals surface area contributed by atoms with Crippen molar-refractivity contribution in [1.29, 1.82) is 0 Å². The Labute approximate surface area is 61.5 Å². The average molecular weight is 151 g/mol. The van der Waals surface area contributed by atoms with Crippen molar-refractivity contribution in [1.82, 2.24) is 19.6 Å². The van der Waals surface area contributed by atoms with E-state index in [1.54, 1.807) is 6.20 Å². The molecule has 0 bridgehead atoms. The SMILES string of the molecule is ONc1nccn2ncnc12. The van der Waals surface area contributed by atoms with Gasteiger partial charge in [-0.05, 0) is 0 Å². The average Bonchev–Trinajstić information content (AvgIpc) is 2.50. The molecule has 6 heteroatoms. The molecule has 2 aromatic rings. The van der Waals surface area contributed by atoms with Crippen LogP contribution in [0.1, 0.15) is 0 Å². The maximum atomic E-state index is 8.56. The summed E-state index contributed by atoms with van der Waals surface area (Å²) in [4.78, 5) is 7.67. The molecule has 0 aliphatic carbocycles. The lowest BCUT2D eigenvalue weighted by atomic mass is 10.6. The first-order valence-corrected chi connectivity index (χ1v) is 2.96. The van der Waals surface area contributed by atoms with Crippen LogP contribution in [-0.2, 0) is 0 Å². The van der Waals surface area contributed by atoms with Gasteiger partial charge in [0.2, 0.25) is 0 Å². The molecule has 0 aliphatic rings. The second-order valence-corrected chi connectivity index (χ2v) is 1.92. The predicted molar refractivity (Wildman–Crippen MR) is 36.2 cm³/mol. The van der Waals surface area contributed by atoms with Crippen molar-refractivity contribution in [3.63, 3.8) is 0 Å². The minimum atomic E-state index is 0.296. The summed E-state index contributed by atoms with van der Waals surface area (Å²) in [6, 6.07) is 0. The Morgan fingerprint density at radius 2 is 2.36 bits per heavy atom. The van der Waals surface area contributed by atoms with Crippen LogP contribution in [0.2, 0.25) is 0 Å². The van der Waals surface area contributed by atoms with Gasteiger partial charge in [0.25, 0.3) is 0 Å². The van der Waals surface area contributed by atoms with Gasteiger partial charge >= 0.3 is 0 Å². The van der Waals surface area contributed by atoms with Gasteiger partial charge < -0.3 is 0 Å². The fourth-order valence-corrected chi connectivity index (χ4v) is 0.836. The Balaban J connectivity index is 2.79. The highest BCUT2D eigenvalue weighted by atomic mass is 16.5. The number of hydrogen-bond donors (Lipinski definition) is 2. The number of anilines is 1. The van der Waals surface area contributed by atoms with Crippen molar-refractivity contribution in [2.75, 3.05) is 5.48 Å². The van der Waals surface area contributed by atoms with E-state index in [2.05, 4.69) is 15.1 Å². The first kappa shape index (κ1) is 6.05. The molecule has 0 fully saturated rings. The highest BCUT2D eigenvalue weighted by Crippen LogP contribution is 2.06. The zero-order valence-electron chi connectivity index (χ0n) is 5.47. The predicted octanol–water partition coefficient (Wildman–Crippen LogP) is -0.0746. The fraction of sp³-hybridized carbons (Fsp3) is 0. The lowest BCUT2D eigenvalue weighted by molar-refractivity contribution is 0.386. The Kier molecular flexibility index (Phi) is 1.19. The molecule has 0 aliphatic heterocycles. The lowest BCUT2D eigenvalue weighted by Crippen LogP contribution is -1.97. The largest absolute Gasteiger partial charge is 0.290 e. The molecule has 0 unspecified atom stereocenters. The molecule has 2 aromatic heterocycles. The number of nitrogens with one attached hydrogen (secondary N) is 1. The molecule has 0 radical (unpaired) electrons. The fourth-order valence-electron chi connectivity index (χ4n) is 0.836. The number of fused-ring (bicyclic) bond motifs is 1. The van der Waals surface area contributed by atoms with Gasteiger partial charge in [0.1, 0.15) is 6.33 Å². The van der Waals surface area contributed by atoms with Crippen LogP contribution in [0, 0.1) is 0 Å². The number of aromatic nitrogens is 4. The molecule has 0 spiro atoms. The normalized spacial score (nSPS) is 10.3. The number of rotatable bonds is 1. The second-order valence-electron chi connectivity index (χ2n) is 1.92. The molecule has 0 atom stereocenters. The zero-order chi connectivity index (χ0) is 7.68. The molecule has 11 heavy (non-hydrogen) atoms. The second kappa shape index (κ2) is 2.17. The molecule has 2 heterocycles. The van der Waals surface area contributed by atoms with Crippen molar-refractivity contribution >= 4 is 11.5 Å². The van der Waals surface area contributed by atoms with Crippen molar-refractivity contribution in [2.45, 2.75) is 0 Å². The summed E-state index contributed by atoms with van der Waals surface area (Å²) in [5, 5.41) is 12.4. The van der Waals surface area contributed by atoms with E-state index in [0.717, 1.165) is 0 Å². The van der Waals surface area contributed by atoms with Gasteiger partial charge in [0.15, 0.2) is 11.5 Å². The van der Waals surface area contributed by atoms with E-state index in [9.17, 15) is 0 Å². The molecule has 0 amide bonds. The molecule has 0 aromatic carbocycles. The Morgan fingerprint density at radius 3 is 3.18 bits per heavy atom. The highest BCUT2D eigenvalue weighted by molar-refractivity contribution is 5.59. The van der Waals surface area contributed by atoms with Crippen LogP contribution < -0.4 is 5.48 Å². The Hall–Kier alpha value is -1.69. The molecule has 2 rings (SSSR count). The van der Waals surface area contributed by atoms with Crippen molar-refractivity contribution in [3.8, 4) is 0 Å². The van der Waals surface area contributed by atoms with Gasteiger partial charge in [-0.3, -0.25) is 5.21 Å². The first-order valence-electron chi connectivity index (χ1n) is 2.96. The van der Waals surface area contributed by atoms with E-state index < -0.39 is 0 Å². The third-order valence-corrected chi connectivity index (χ3v) is 1.30. The molecule has 0 saturated heterocycles. The minimum Gasteiger partial charge on any atom is -0.290 e. The maximum absolute atomic E-state index is 8.56. The summed E-state index contributed by atoms with van der Waals surface area (Å²) in [6.45, 7) is 0. The van der Waals surface area contributed by atoms with Gasteiger partial charge in [0.05, 0.1) is 0 Å². The summed E-state index contributed by atoms with van der Waals surface area (Å²) in [5.41, 5.74) is 2.42. The van der Waals surface area contributed by atoms with Crippen LogP contribution >= 0.6 is 0 Å². The quantitative estimate of drug-likeness (QED) is 0.558. The van der Waals surface area contributed by atoms with Crippen LogP contribution in [0.5, 0.6) is 0 Å². The molecule has 2 N–H and O–H groups in total. The summed E-state index contributed by atoms with van der Waals surface area (Å²) in [7, 11) is 0. The summed E-state index contributed by atoms with van der Waals surface area (Å²) in [6.07, 6.45) is 4.54. The summed E-state index contributed by atoms with van der Waals surface area (Å²) in [5.74, 6) is 0.296. The zero-order valence-corrected chi connectivity index (χ0v) is 5.47. The molecule has 0 saturated carbocycles. The van der Waals surface area contributed by atoms with Crippen LogP contribution in [0.3, 0.4) is 0 Å². The third kappa shape index (κ3) is 0.802. The van der Waals surface area contributed by atoms with E-state index in [0.29, 0.717) is 11.5 Å². The third-order valence-electron chi connectivity index (χ3n) is 1.30. The summed E-state index contributed by atoms with van der Waals surface area (Å²) < 4.78 is 1.51. The molecule has 56 valence electrons. The van der Waals surface area contributed by atoms with Crippen molar-refractivity contribution < 1.29 is 5.21 Å². The van der Waals surface area contributed by atoms with E-state index in [1.165, 1.54) is 17.0 Å². The first-order chi connectivity index (χ1) is 5.42. The molecule has 6 nitrogen and oxygen atoms in total. The van der Waals surface area contributed by atoms with Crippen molar-refractivity contribution in [2.24, 2.45) is 0 Å². The van der Waals surface area contributed by atoms with E-state index in [1.807, 2.05) is 5.48 Å². The highest BCUT2D eigenvalue weighted by Gasteiger charge is 2.00. The van der Waals surface area contributed by atoms with Gasteiger partial charge in [0, 0.05) is 12.4 Å². The lowest BCUT2D eigenvalue weighted by Gasteiger charge is -1.96. The maximum Gasteiger partial charge on any atom is 0.200 e. The number of hydrogen-bond acceptors (Lipinski definition) is 5. The van der Waals surface area contributed by atoms with E-state index in [4.69, 9.17) is 5.21 Å². The minimum absolute atomic E-state index is 0.296. The van der Waals surface area contributed by atoms with Crippen LogP contribution in [0.15, 0.2) is 18.7 Å². The Morgan fingerprint density at radius 1 is 1.45 bits per heavy atom. The van der Waals surface area contributed by atoms with Crippen LogP contribution in [-0.4, -0.2) is 24.8 Å². The van der Waals surface area contributed by atoms with Crippen molar-refractivity contribution in [3.05, 3.63) is 18.7 Å². The molecular formula is C5H5N5O. The van der Waals surface area contributed by atoms with Gasteiger partial charge in [-0.2, -0.15) is 5.10 Å². The Bertz CT molecular complexity index is 370. The van der Waals surface area contributed by atoms with Gasteiger partial charge in [-0.25, -0.2) is 20.0 Å². The standard InChI is InChI=1S/C5H5N5O/c11-9-4-5-7-3-8-10(5)2-1-6-4/h1-3,11H,(H,6,9). The topological polar surface area (TPSA) is 75.3 Å². The summed E-state index contributed by atoms with van der Waals surface area (Å²) >= 11 is 0. The van der Waals surface area contributed by atoms with E-state index in [-0.39, 0.29) is 0 Å². The van der Waals surface area contributed by atoms with E-state index >= 15 is 0 Å². The molecular weight excluding hydrogens is 146 g/mol. The smallest absolute Gasteiger partial charge is 0.200 e. The van der Waals surface area contributed by atoms with Crippen LogP contribution in [0.4, 0.5) is 5.82 Å². The number of nitrogens with zero attached hydrogens (tertiary/aromatic N) is 4. The van der Waals surface area contributed by atoms with Crippen LogP contribution in [0.25, 0.3) is 5.65 Å². The van der Waals surface area contributed by atoms with Gasteiger partial charge in [-0.1, -0.05) is 0 Å².